The van der Waals surface area contributed by atoms with Crippen molar-refractivity contribution in [2.75, 3.05) is 0 Å². The Kier molecular flexibility index (Phi) is 3.42. The summed E-state index contributed by atoms with van der Waals surface area (Å²) in [7, 11) is 0. The first-order chi connectivity index (χ1) is 6.13. The van der Waals surface area contributed by atoms with Crippen molar-refractivity contribution in [2.24, 2.45) is 0 Å². The summed E-state index contributed by atoms with van der Waals surface area (Å²) < 4.78 is 4.98. The van der Waals surface area contributed by atoms with Crippen LogP contribution < -0.4 is 0 Å². The number of rotatable bonds is 4. The van der Waals surface area contributed by atoms with Crippen molar-refractivity contribution in [2.45, 2.75) is 45.6 Å². The van der Waals surface area contributed by atoms with E-state index in [9.17, 15) is 5.11 Å². The maximum absolute atomic E-state index is 9.33. The molecular weight excluding hydrogens is 168 g/mol. The van der Waals surface area contributed by atoms with Gasteiger partial charge in [-0.25, -0.2) is 0 Å². The average Bonchev–Trinajstić information content (AvgIpc) is 2.52. The van der Waals surface area contributed by atoms with Crippen LogP contribution in [0.15, 0.2) is 4.52 Å². The standard InChI is InChI=1S/C9H16N2O2/c1-4-7(12)5-8-10-9(6(2)3)11-13-8/h6-7,12H,4-5H2,1-3H3. The molecule has 1 aromatic rings. The minimum absolute atomic E-state index is 0.274. The zero-order valence-electron chi connectivity index (χ0n) is 8.32. The van der Waals surface area contributed by atoms with Gasteiger partial charge in [0, 0.05) is 5.92 Å². The van der Waals surface area contributed by atoms with E-state index in [1.165, 1.54) is 0 Å². The fourth-order valence-corrected chi connectivity index (χ4v) is 0.931. The van der Waals surface area contributed by atoms with Gasteiger partial charge in [0.1, 0.15) is 0 Å². The monoisotopic (exact) mass is 184 g/mol. The van der Waals surface area contributed by atoms with Crippen LogP contribution in [0.2, 0.25) is 0 Å². The molecule has 1 atom stereocenters. The van der Waals surface area contributed by atoms with Crippen LogP contribution in [-0.4, -0.2) is 21.4 Å². The van der Waals surface area contributed by atoms with E-state index in [2.05, 4.69) is 10.1 Å². The highest BCUT2D eigenvalue weighted by molar-refractivity contribution is 4.92. The van der Waals surface area contributed by atoms with E-state index >= 15 is 0 Å². The van der Waals surface area contributed by atoms with Crippen LogP contribution in [0.5, 0.6) is 0 Å². The molecule has 13 heavy (non-hydrogen) atoms. The Morgan fingerprint density at radius 3 is 2.62 bits per heavy atom. The molecule has 1 unspecified atom stereocenters. The molecule has 0 amide bonds. The third-order valence-corrected chi connectivity index (χ3v) is 1.88. The Bertz CT molecular complexity index is 258. The van der Waals surface area contributed by atoms with Gasteiger partial charge in [0.25, 0.3) is 0 Å². The molecular formula is C9H16N2O2. The van der Waals surface area contributed by atoms with E-state index in [0.717, 1.165) is 0 Å². The molecule has 4 heteroatoms. The number of aliphatic hydroxyl groups is 1. The summed E-state index contributed by atoms with van der Waals surface area (Å²) in [6.45, 7) is 5.93. The summed E-state index contributed by atoms with van der Waals surface area (Å²) >= 11 is 0. The van der Waals surface area contributed by atoms with Crippen molar-refractivity contribution in [3.63, 3.8) is 0 Å². The van der Waals surface area contributed by atoms with Gasteiger partial charge < -0.3 is 9.63 Å². The van der Waals surface area contributed by atoms with Crippen molar-refractivity contribution in [1.82, 2.24) is 10.1 Å². The predicted molar refractivity (Wildman–Crippen MR) is 48.4 cm³/mol. The van der Waals surface area contributed by atoms with Gasteiger partial charge in [-0.3, -0.25) is 0 Å². The first-order valence-electron chi connectivity index (χ1n) is 4.64. The normalized spacial score (nSPS) is 13.6. The van der Waals surface area contributed by atoms with Gasteiger partial charge in [-0.1, -0.05) is 25.9 Å². The number of hydrogen-bond donors (Lipinski definition) is 1. The molecule has 1 aromatic heterocycles. The third-order valence-electron chi connectivity index (χ3n) is 1.88. The van der Waals surface area contributed by atoms with Gasteiger partial charge >= 0.3 is 0 Å². The van der Waals surface area contributed by atoms with Crippen molar-refractivity contribution in [3.8, 4) is 0 Å². The van der Waals surface area contributed by atoms with Crippen LogP contribution in [0.1, 0.15) is 44.8 Å². The maximum Gasteiger partial charge on any atom is 0.229 e. The molecule has 0 saturated heterocycles. The minimum Gasteiger partial charge on any atom is -0.393 e. The highest BCUT2D eigenvalue weighted by Crippen LogP contribution is 2.11. The third kappa shape index (κ3) is 2.81. The molecule has 0 fully saturated rings. The lowest BCUT2D eigenvalue weighted by Crippen LogP contribution is -2.08. The van der Waals surface area contributed by atoms with Crippen molar-refractivity contribution in [3.05, 3.63) is 11.7 Å². The molecule has 0 aliphatic rings. The summed E-state index contributed by atoms with van der Waals surface area (Å²) in [5, 5.41) is 13.1. The second-order valence-corrected chi connectivity index (χ2v) is 3.47. The van der Waals surface area contributed by atoms with Gasteiger partial charge in [0.05, 0.1) is 12.5 Å². The Morgan fingerprint density at radius 2 is 2.15 bits per heavy atom. The Labute approximate surface area is 78.0 Å². The molecule has 0 spiro atoms. The van der Waals surface area contributed by atoms with Gasteiger partial charge in [0.15, 0.2) is 5.82 Å². The Balaban J connectivity index is 2.58. The van der Waals surface area contributed by atoms with Gasteiger partial charge in [-0.2, -0.15) is 4.98 Å². The van der Waals surface area contributed by atoms with E-state index in [-0.39, 0.29) is 12.0 Å². The molecule has 0 radical (unpaired) electrons. The summed E-state index contributed by atoms with van der Waals surface area (Å²) in [6.07, 6.45) is 0.788. The molecule has 0 bridgehead atoms. The van der Waals surface area contributed by atoms with Crippen LogP contribution >= 0.6 is 0 Å². The molecule has 0 aromatic carbocycles. The lowest BCUT2D eigenvalue weighted by Gasteiger charge is -2.01. The van der Waals surface area contributed by atoms with Gasteiger partial charge in [-0.05, 0) is 6.42 Å². The zero-order valence-corrected chi connectivity index (χ0v) is 8.32. The van der Waals surface area contributed by atoms with Crippen LogP contribution in [-0.2, 0) is 6.42 Å². The van der Waals surface area contributed by atoms with E-state index in [4.69, 9.17) is 4.52 Å². The topological polar surface area (TPSA) is 59.2 Å². The minimum atomic E-state index is -0.375. The lowest BCUT2D eigenvalue weighted by molar-refractivity contribution is 0.158. The SMILES string of the molecule is CCC(O)Cc1nc(C(C)C)no1. The molecule has 1 rings (SSSR count). The molecule has 0 saturated carbocycles. The lowest BCUT2D eigenvalue weighted by atomic mass is 10.2. The number of aromatic nitrogens is 2. The van der Waals surface area contributed by atoms with Crippen LogP contribution in [0, 0.1) is 0 Å². The first kappa shape index (κ1) is 10.2. The molecule has 0 aliphatic carbocycles. The number of hydrogen-bond acceptors (Lipinski definition) is 4. The zero-order chi connectivity index (χ0) is 9.84. The van der Waals surface area contributed by atoms with E-state index in [1.807, 2.05) is 20.8 Å². The highest BCUT2D eigenvalue weighted by atomic mass is 16.5. The molecule has 1 heterocycles. The van der Waals surface area contributed by atoms with Crippen molar-refractivity contribution in [1.29, 1.82) is 0 Å². The van der Waals surface area contributed by atoms with Gasteiger partial charge in [-0.15, -0.1) is 0 Å². The van der Waals surface area contributed by atoms with Crippen molar-refractivity contribution >= 4 is 0 Å². The summed E-state index contributed by atoms with van der Waals surface area (Å²) in [4.78, 5) is 4.16. The maximum atomic E-state index is 9.33. The molecule has 74 valence electrons. The largest absolute Gasteiger partial charge is 0.393 e. The second kappa shape index (κ2) is 4.37. The highest BCUT2D eigenvalue weighted by Gasteiger charge is 2.12. The van der Waals surface area contributed by atoms with E-state index in [1.54, 1.807) is 0 Å². The number of nitrogens with zero attached hydrogens (tertiary/aromatic N) is 2. The fourth-order valence-electron chi connectivity index (χ4n) is 0.931. The quantitative estimate of drug-likeness (QED) is 0.770. The first-order valence-corrected chi connectivity index (χ1v) is 4.64. The second-order valence-electron chi connectivity index (χ2n) is 3.47. The Morgan fingerprint density at radius 1 is 1.46 bits per heavy atom. The van der Waals surface area contributed by atoms with E-state index in [0.29, 0.717) is 24.6 Å². The molecule has 1 N–H and O–H groups in total. The van der Waals surface area contributed by atoms with Crippen LogP contribution in [0.4, 0.5) is 0 Å². The average molecular weight is 184 g/mol. The van der Waals surface area contributed by atoms with Crippen LogP contribution in [0.25, 0.3) is 0 Å². The summed E-state index contributed by atoms with van der Waals surface area (Å²) in [6, 6.07) is 0. The fraction of sp³-hybridized carbons (Fsp3) is 0.778. The predicted octanol–water partition coefficient (Wildman–Crippen LogP) is 1.51. The summed E-state index contributed by atoms with van der Waals surface area (Å²) in [5.74, 6) is 1.51. The number of aliphatic hydroxyl groups excluding tert-OH is 1. The van der Waals surface area contributed by atoms with Gasteiger partial charge in [0.2, 0.25) is 5.89 Å². The van der Waals surface area contributed by atoms with Crippen LogP contribution in [0.3, 0.4) is 0 Å². The smallest absolute Gasteiger partial charge is 0.229 e. The molecule has 0 aliphatic heterocycles. The summed E-state index contributed by atoms with van der Waals surface area (Å²) in [5.41, 5.74) is 0. The van der Waals surface area contributed by atoms with E-state index < -0.39 is 0 Å². The molecule has 4 nitrogen and oxygen atoms in total. The van der Waals surface area contributed by atoms with Crippen molar-refractivity contribution < 1.29 is 9.63 Å². The Hall–Kier alpha value is -0.900.